The van der Waals surface area contributed by atoms with Gasteiger partial charge in [0.25, 0.3) is 11.7 Å². The van der Waals surface area contributed by atoms with Crippen LogP contribution < -0.4 is 9.47 Å². The van der Waals surface area contributed by atoms with Crippen LogP contribution in [0.5, 0.6) is 11.5 Å². The Hall–Kier alpha value is -3.39. The summed E-state index contributed by atoms with van der Waals surface area (Å²) in [5, 5.41) is 11.1. The van der Waals surface area contributed by atoms with Gasteiger partial charge < -0.3 is 24.4 Å². The number of hydrogen-bond donors (Lipinski definition) is 1. The largest absolute Gasteiger partial charge is 0.507 e. The van der Waals surface area contributed by atoms with E-state index >= 15 is 0 Å². The summed E-state index contributed by atoms with van der Waals surface area (Å²) in [6.45, 7) is 6.88. The predicted molar refractivity (Wildman–Crippen MR) is 114 cm³/mol. The van der Waals surface area contributed by atoms with Crippen LogP contribution in [-0.4, -0.2) is 64.6 Å². The van der Waals surface area contributed by atoms with Crippen LogP contribution in [-0.2, 0) is 9.59 Å². The molecule has 1 unspecified atom stereocenters. The van der Waals surface area contributed by atoms with E-state index in [-0.39, 0.29) is 18.1 Å². The van der Waals surface area contributed by atoms with Crippen molar-refractivity contribution in [2.75, 3.05) is 33.0 Å². The summed E-state index contributed by atoms with van der Waals surface area (Å²) in [7, 11) is 0. The lowest BCUT2D eigenvalue weighted by Crippen LogP contribution is -2.38. The molecule has 162 valence electrons. The molecule has 1 aromatic carbocycles. The Bertz CT molecular complexity index is 1020. The normalized spacial score (nSPS) is 19.5. The Morgan fingerprint density at radius 3 is 2.68 bits per heavy atom. The third-order valence-electron chi connectivity index (χ3n) is 5.74. The molecule has 1 amide bonds. The number of aliphatic hydroxyl groups is 1. The van der Waals surface area contributed by atoms with E-state index in [0.717, 1.165) is 13.1 Å². The van der Waals surface area contributed by atoms with Gasteiger partial charge >= 0.3 is 0 Å². The first-order valence-electron chi connectivity index (χ1n) is 10.4. The number of ketones is 1. The van der Waals surface area contributed by atoms with Crippen LogP contribution in [0.3, 0.4) is 0 Å². The topological polar surface area (TPSA) is 92.2 Å². The highest BCUT2D eigenvalue weighted by molar-refractivity contribution is 6.46. The van der Waals surface area contributed by atoms with Crippen LogP contribution in [0.4, 0.5) is 0 Å². The third kappa shape index (κ3) is 3.86. The van der Waals surface area contributed by atoms with Crippen molar-refractivity contribution in [3.05, 3.63) is 59.4 Å². The fraction of sp³-hybridized carbons (Fsp3) is 0.348. The number of likely N-dealkylation sites (N-methyl/N-ethyl adjacent to an activating group) is 1. The number of amides is 1. The average Bonchev–Trinajstić information content (AvgIpc) is 3.37. The molecule has 2 aliphatic rings. The number of ether oxygens (including phenoxy) is 2. The zero-order chi connectivity index (χ0) is 22.0. The highest BCUT2D eigenvalue weighted by Crippen LogP contribution is 2.41. The predicted octanol–water partition coefficient (Wildman–Crippen LogP) is 2.57. The standard InChI is InChI=1S/C23H25N3O5/c1-3-25(4-2)10-11-26-20(16-6-5-9-24-13-16)19(22(28)23(26)29)21(27)15-7-8-17-18(12-15)31-14-30-17/h5-9,12-13,20,27H,3-4,10-11,14H2,1-2H3/b21-19+. The first kappa shape index (κ1) is 20.9. The molecule has 0 spiro atoms. The number of rotatable bonds is 7. The second-order valence-electron chi connectivity index (χ2n) is 7.37. The van der Waals surface area contributed by atoms with Crippen molar-refractivity contribution in [1.29, 1.82) is 0 Å². The van der Waals surface area contributed by atoms with Crippen LogP contribution in [0.25, 0.3) is 5.76 Å². The van der Waals surface area contributed by atoms with Gasteiger partial charge in [0.1, 0.15) is 5.76 Å². The molecule has 0 aliphatic carbocycles. The molecule has 0 saturated carbocycles. The number of carbonyl (C=O) groups excluding carboxylic acids is 2. The molecule has 8 heteroatoms. The van der Waals surface area contributed by atoms with Crippen molar-refractivity contribution < 1.29 is 24.2 Å². The monoisotopic (exact) mass is 423 g/mol. The number of hydrogen-bond acceptors (Lipinski definition) is 7. The molecular weight excluding hydrogens is 398 g/mol. The summed E-state index contributed by atoms with van der Waals surface area (Å²) >= 11 is 0. The molecule has 8 nitrogen and oxygen atoms in total. The summed E-state index contributed by atoms with van der Waals surface area (Å²) in [6.07, 6.45) is 3.25. The lowest BCUT2D eigenvalue weighted by molar-refractivity contribution is -0.140. The Kier molecular flexibility index (Phi) is 5.90. The van der Waals surface area contributed by atoms with Crippen molar-refractivity contribution in [3.63, 3.8) is 0 Å². The Morgan fingerprint density at radius 1 is 1.19 bits per heavy atom. The fourth-order valence-electron chi connectivity index (χ4n) is 3.98. The Labute approximate surface area is 180 Å². The van der Waals surface area contributed by atoms with Crippen molar-refractivity contribution in [1.82, 2.24) is 14.8 Å². The fourth-order valence-corrected chi connectivity index (χ4v) is 3.98. The number of fused-ring (bicyclic) bond motifs is 1. The SMILES string of the molecule is CCN(CC)CCN1C(=O)C(=O)/C(=C(/O)c2ccc3c(c2)OCO3)C1c1cccnc1. The molecule has 4 rings (SSSR count). The van der Waals surface area contributed by atoms with Crippen molar-refractivity contribution in [3.8, 4) is 11.5 Å². The van der Waals surface area contributed by atoms with Crippen LogP contribution >= 0.6 is 0 Å². The summed E-state index contributed by atoms with van der Waals surface area (Å²) in [5.41, 5.74) is 1.11. The van der Waals surface area contributed by atoms with E-state index in [1.54, 1.807) is 42.7 Å². The zero-order valence-electron chi connectivity index (χ0n) is 17.6. The van der Waals surface area contributed by atoms with E-state index in [2.05, 4.69) is 23.7 Å². The quantitative estimate of drug-likeness (QED) is 0.416. The highest BCUT2D eigenvalue weighted by atomic mass is 16.7. The van der Waals surface area contributed by atoms with Gasteiger partial charge in [0.15, 0.2) is 11.5 Å². The van der Waals surface area contributed by atoms with Crippen molar-refractivity contribution in [2.24, 2.45) is 0 Å². The summed E-state index contributed by atoms with van der Waals surface area (Å²) in [6, 6.07) is 7.77. The molecule has 1 atom stereocenters. The minimum Gasteiger partial charge on any atom is -0.507 e. The number of pyridine rings is 1. The van der Waals surface area contributed by atoms with Gasteiger partial charge in [-0.2, -0.15) is 0 Å². The number of aliphatic hydroxyl groups excluding tert-OH is 1. The van der Waals surface area contributed by atoms with E-state index < -0.39 is 17.7 Å². The van der Waals surface area contributed by atoms with E-state index in [1.165, 1.54) is 4.90 Å². The van der Waals surface area contributed by atoms with Gasteiger partial charge in [-0.15, -0.1) is 0 Å². The Balaban J connectivity index is 1.77. The van der Waals surface area contributed by atoms with Gasteiger partial charge in [-0.05, 0) is 42.9 Å². The number of carbonyl (C=O) groups is 2. The molecule has 1 N–H and O–H groups in total. The van der Waals surface area contributed by atoms with E-state index in [9.17, 15) is 14.7 Å². The summed E-state index contributed by atoms with van der Waals surface area (Å²) in [4.78, 5) is 33.8. The first-order valence-corrected chi connectivity index (χ1v) is 10.4. The molecule has 2 aromatic rings. The summed E-state index contributed by atoms with van der Waals surface area (Å²) < 4.78 is 10.7. The Morgan fingerprint density at radius 2 is 1.97 bits per heavy atom. The minimum atomic E-state index is -0.713. The smallest absolute Gasteiger partial charge is 0.295 e. The number of Topliss-reactive ketones (excluding diaryl/α,β-unsaturated/α-hetero) is 1. The molecule has 2 aliphatic heterocycles. The molecule has 1 fully saturated rings. The number of nitrogens with zero attached hydrogens (tertiary/aromatic N) is 3. The van der Waals surface area contributed by atoms with E-state index in [4.69, 9.17) is 9.47 Å². The van der Waals surface area contributed by atoms with Crippen molar-refractivity contribution in [2.45, 2.75) is 19.9 Å². The van der Waals surface area contributed by atoms with E-state index in [0.29, 0.717) is 35.7 Å². The maximum absolute atomic E-state index is 13.0. The van der Waals surface area contributed by atoms with Crippen molar-refractivity contribution >= 4 is 17.4 Å². The molecule has 0 radical (unpaired) electrons. The van der Waals surface area contributed by atoms with Crippen LogP contribution in [0.2, 0.25) is 0 Å². The van der Waals surface area contributed by atoms with Crippen LogP contribution in [0, 0.1) is 0 Å². The second kappa shape index (κ2) is 8.77. The maximum Gasteiger partial charge on any atom is 0.295 e. The molecular formula is C23H25N3O5. The van der Waals surface area contributed by atoms with Crippen LogP contribution in [0.1, 0.15) is 31.0 Å². The number of benzene rings is 1. The third-order valence-corrected chi connectivity index (χ3v) is 5.74. The molecule has 31 heavy (non-hydrogen) atoms. The zero-order valence-corrected chi connectivity index (χ0v) is 17.6. The number of likely N-dealkylation sites (tertiary alicyclic amines) is 1. The molecule has 0 bridgehead atoms. The summed E-state index contributed by atoms with van der Waals surface area (Å²) in [5.74, 6) is -0.513. The van der Waals surface area contributed by atoms with Gasteiger partial charge in [0, 0.05) is 31.0 Å². The highest BCUT2D eigenvalue weighted by Gasteiger charge is 2.46. The van der Waals surface area contributed by atoms with Gasteiger partial charge in [-0.25, -0.2) is 0 Å². The van der Waals surface area contributed by atoms with Gasteiger partial charge in [-0.1, -0.05) is 19.9 Å². The number of aromatic nitrogens is 1. The molecule has 1 saturated heterocycles. The average molecular weight is 423 g/mol. The lowest BCUT2D eigenvalue weighted by atomic mass is 9.96. The second-order valence-corrected chi connectivity index (χ2v) is 7.37. The first-order chi connectivity index (χ1) is 15.0. The molecule has 1 aromatic heterocycles. The van der Waals surface area contributed by atoms with Crippen LogP contribution in [0.15, 0.2) is 48.3 Å². The van der Waals surface area contributed by atoms with Gasteiger partial charge in [-0.3, -0.25) is 14.6 Å². The van der Waals surface area contributed by atoms with Gasteiger partial charge in [0.2, 0.25) is 6.79 Å². The van der Waals surface area contributed by atoms with Gasteiger partial charge in [0.05, 0.1) is 11.6 Å². The molecule has 3 heterocycles. The van der Waals surface area contributed by atoms with E-state index in [1.807, 2.05) is 0 Å². The lowest BCUT2D eigenvalue weighted by Gasteiger charge is -2.28. The minimum absolute atomic E-state index is 0.0522. The maximum atomic E-state index is 13.0.